The Hall–Kier alpha value is -2.15. The quantitative estimate of drug-likeness (QED) is 0.635. The molecule has 2 aromatic heterocycles. The SMILES string of the molecule is CCNC(=NCc1ncc(C)s1)NC1CCN(c2ccccn2)CC1. The third kappa shape index (κ3) is 5.16. The molecule has 2 N–H and O–H groups in total. The Bertz CT molecular complexity index is 676. The average molecular weight is 359 g/mol. The van der Waals surface area contributed by atoms with Gasteiger partial charge in [-0.15, -0.1) is 11.3 Å². The minimum atomic E-state index is 0.441. The van der Waals surface area contributed by atoms with Gasteiger partial charge in [0.25, 0.3) is 0 Å². The number of rotatable bonds is 5. The fourth-order valence-corrected chi connectivity index (χ4v) is 3.64. The van der Waals surface area contributed by atoms with Crippen molar-refractivity contribution in [2.24, 2.45) is 4.99 Å². The van der Waals surface area contributed by atoms with Gasteiger partial charge < -0.3 is 15.5 Å². The highest BCUT2D eigenvalue weighted by Gasteiger charge is 2.20. The molecule has 0 atom stereocenters. The number of piperidine rings is 1. The predicted molar refractivity (Wildman–Crippen MR) is 104 cm³/mol. The maximum absolute atomic E-state index is 4.68. The third-order valence-corrected chi connectivity index (χ3v) is 5.09. The lowest BCUT2D eigenvalue weighted by Crippen LogP contribution is -2.48. The number of guanidine groups is 1. The molecule has 0 amide bonds. The number of aliphatic imine (C=N–C) groups is 1. The van der Waals surface area contributed by atoms with Gasteiger partial charge in [-0.3, -0.25) is 0 Å². The van der Waals surface area contributed by atoms with E-state index in [-0.39, 0.29) is 0 Å². The van der Waals surface area contributed by atoms with E-state index < -0.39 is 0 Å². The number of hydrogen-bond donors (Lipinski definition) is 2. The minimum absolute atomic E-state index is 0.441. The van der Waals surface area contributed by atoms with Crippen molar-refractivity contribution in [1.29, 1.82) is 0 Å². The lowest BCUT2D eigenvalue weighted by atomic mass is 10.1. The van der Waals surface area contributed by atoms with Crippen LogP contribution < -0.4 is 15.5 Å². The molecule has 0 aliphatic carbocycles. The highest BCUT2D eigenvalue weighted by molar-refractivity contribution is 7.11. The van der Waals surface area contributed by atoms with Gasteiger partial charge in [0.05, 0.1) is 6.54 Å². The van der Waals surface area contributed by atoms with Crippen LogP contribution in [0.25, 0.3) is 0 Å². The Labute approximate surface area is 153 Å². The van der Waals surface area contributed by atoms with Crippen LogP contribution in [0.4, 0.5) is 5.82 Å². The Morgan fingerprint density at radius 2 is 2.16 bits per heavy atom. The number of anilines is 1. The van der Waals surface area contributed by atoms with E-state index in [4.69, 9.17) is 0 Å². The number of aryl methyl sites for hydroxylation is 1. The van der Waals surface area contributed by atoms with E-state index in [0.29, 0.717) is 12.6 Å². The summed E-state index contributed by atoms with van der Waals surface area (Å²) >= 11 is 1.70. The van der Waals surface area contributed by atoms with Crippen molar-refractivity contribution < 1.29 is 0 Å². The van der Waals surface area contributed by atoms with Gasteiger partial charge in [0.15, 0.2) is 5.96 Å². The van der Waals surface area contributed by atoms with Crippen LogP contribution in [0.15, 0.2) is 35.6 Å². The van der Waals surface area contributed by atoms with E-state index in [1.54, 1.807) is 11.3 Å². The normalized spacial score (nSPS) is 16.1. The molecule has 0 radical (unpaired) electrons. The zero-order valence-electron chi connectivity index (χ0n) is 14.9. The van der Waals surface area contributed by atoms with Crippen molar-refractivity contribution >= 4 is 23.1 Å². The molecule has 3 rings (SSSR count). The lowest BCUT2D eigenvalue weighted by molar-refractivity contribution is 0.459. The largest absolute Gasteiger partial charge is 0.357 e. The van der Waals surface area contributed by atoms with Crippen molar-refractivity contribution in [2.75, 3.05) is 24.5 Å². The summed E-state index contributed by atoms with van der Waals surface area (Å²) in [6.07, 6.45) is 5.92. The topological polar surface area (TPSA) is 65.4 Å². The van der Waals surface area contributed by atoms with E-state index in [2.05, 4.69) is 50.4 Å². The van der Waals surface area contributed by atoms with Gasteiger partial charge in [0.1, 0.15) is 10.8 Å². The summed E-state index contributed by atoms with van der Waals surface area (Å²) in [6, 6.07) is 6.52. The van der Waals surface area contributed by atoms with Gasteiger partial charge in [0.2, 0.25) is 0 Å². The molecule has 6 nitrogen and oxygen atoms in total. The molecule has 7 heteroatoms. The molecule has 0 spiro atoms. The molecule has 0 aromatic carbocycles. The van der Waals surface area contributed by atoms with Crippen LogP contribution in [0.2, 0.25) is 0 Å². The van der Waals surface area contributed by atoms with Crippen molar-refractivity contribution in [3.63, 3.8) is 0 Å². The lowest BCUT2D eigenvalue weighted by Gasteiger charge is -2.33. The minimum Gasteiger partial charge on any atom is -0.357 e. The number of thiazole rings is 1. The number of aromatic nitrogens is 2. The maximum atomic E-state index is 4.68. The Balaban J connectivity index is 1.52. The summed E-state index contributed by atoms with van der Waals surface area (Å²) in [5, 5.41) is 7.97. The predicted octanol–water partition coefficient (Wildman–Crippen LogP) is 2.57. The van der Waals surface area contributed by atoms with Gasteiger partial charge in [-0.2, -0.15) is 0 Å². The van der Waals surface area contributed by atoms with E-state index in [1.807, 2.05) is 24.5 Å². The summed E-state index contributed by atoms with van der Waals surface area (Å²) in [7, 11) is 0. The van der Waals surface area contributed by atoms with Crippen LogP contribution in [0.1, 0.15) is 29.7 Å². The second-order valence-corrected chi connectivity index (χ2v) is 7.47. The fourth-order valence-electron chi connectivity index (χ4n) is 2.93. The Kier molecular flexibility index (Phi) is 6.22. The number of pyridine rings is 1. The van der Waals surface area contributed by atoms with E-state index in [0.717, 1.165) is 49.3 Å². The van der Waals surface area contributed by atoms with E-state index in [9.17, 15) is 0 Å². The van der Waals surface area contributed by atoms with Crippen molar-refractivity contribution in [3.8, 4) is 0 Å². The molecular formula is C18H26N6S. The van der Waals surface area contributed by atoms with Crippen LogP contribution >= 0.6 is 11.3 Å². The van der Waals surface area contributed by atoms with Crippen LogP contribution in [-0.4, -0.2) is 41.6 Å². The first-order valence-corrected chi connectivity index (χ1v) is 9.68. The maximum Gasteiger partial charge on any atom is 0.191 e. The zero-order chi connectivity index (χ0) is 17.5. The van der Waals surface area contributed by atoms with Gasteiger partial charge in [0, 0.05) is 42.9 Å². The number of nitrogens with zero attached hydrogens (tertiary/aromatic N) is 4. The van der Waals surface area contributed by atoms with E-state index >= 15 is 0 Å². The summed E-state index contributed by atoms with van der Waals surface area (Å²) < 4.78 is 0. The molecule has 1 aliphatic heterocycles. The highest BCUT2D eigenvalue weighted by Crippen LogP contribution is 2.17. The summed E-state index contributed by atoms with van der Waals surface area (Å²) in [5.41, 5.74) is 0. The first-order valence-electron chi connectivity index (χ1n) is 8.86. The molecule has 1 fully saturated rings. The Morgan fingerprint density at radius 3 is 2.80 bits per heavy atom. The molecule has 2 aromatic rings. The molecule has 1 aliphatic rings. The van der Waals surface area contributed by atoms with Crippen LogP contribution in [0.3, 0.4) is 0 Å². The standard InChI is InChI=1S/C18H26N6S/c1-3-19-18(22-13-17-21-12-14(2)25-17)23-15-7-10-24(11-8-15)16-6-4-5-9-20-16/h4-6,9,12,15H,3,7-8,10-11,13H2,1-2H3,(H2,19,22,23). The molecule has 1 saturated heterocycles. The van der Waals surface area contributed by atoms with Crippen molar-refractivity contribution in [3.05, 3.63) is 40.5 Å². The fraction of sp³-hybridized carbons (Fsp3) is 0.500. The van der Waals surface area contributed by atoms with Crippen molar-refractivity contribution in [1.82, 2.24) is 20.6 Å². The Morgan fingerprint density at radius 1 is 1.32 bits per heavy atom. The van der Waals surface area contributed by atoms with Gasteiger partial charge in [-0.05, 0) is 38.8 Å². The second-order valence-electron chi connectivity index (χ2n) is 6.15. The average Bonchev–Trinajstić information content (AvgIpc) is 3.07. The van der Waals surface area contributed by atoms with Crippen molar-refractivity contribution in [2.45, 2.75) is 39.3 Å². The molecule has 0 unspecified atom stereocenters. The summed E-state index contributed by atoms with van der Waals surface area (Å²) in [6.45, 7) is 7.67. The molecule has 3 heterocycles. The molecule has 134 valence electrons. The van der Waals surface area contributed by atoms with Crippen LogP contribution in [-0.2, 0) is 6.54 Å². The van der Waals surface area contributed by atoms with Gasteiger partial charge in [-0.25, -0.2) is 15.0 Å². The highest BCUT2D eigenvalue weighted by atomic mass is 32.1. The smallest absolute Gasteiger partial charge is 0.191 e. The van der Waals surface area contributed by atoms with E-state index in [1.165, 1.54) is 4.88 Å². The summed E-state index contributed by atoms with van der Waals surface area (Å²) in [5.74, 6) is 1.95. The molecule has 25 heavy (non-hydrogen) atoms. The molecule has 0 saturated carbocycles. The van der Waals surface area contributed by atoms with Gasteiger partial charge >= 0.3 is 0 Å². The first-order chi connectivity index (χ1) is 12.2. The first kappa shape index (κ1) is 17.7. The third-order valence-electron chi connectivity index (χ3n) is 4.19. The number of hydrogen-bond acceptors (Lipinski definition) is 5. The van der Waals surface area contributed by atoms with Gasteiger partial charge in [-0.1, -0.05) is 6.07 Å². The molecular weight excluding hydrogens is 332 g/mol. The van der Waals surface area contributed by atoms with Crippen LogP contribution in [0, 0.1) is 6.92 Å². The molecule has 0 bridgehead atoms. The summed E-state index contributed by atoms with van der Waals surface area (Å²) in [4.78, 5) is 17.1. The number of nitrogens with one attached hydrogen (secondary N) is 2. The monoisotopic (exact) mass is 358 g/mol. The second kappa shape index (κ2) is 8.80. The zero-order valence-corrected chi connectivity index (χ0v) is 15.7. The van der Waals surface area contributed by atoms with Crippen LogP contribution in [0.5, 0.6) is 0 Å².